The van der Waals surface area contributed by atoms with E-state index in [1.165, 1.54) is 11.8 Å². The van der Waals surface area contributed by atoms with E-state index in [0.717, 1.165) is 25.2 Å². The molecule has 2 aromatic carbocycles. The Morgan fingerprint density at radius 2 is 1.67 bits per heavy atom. The highest BCUT2D eigenvalue weighted by molar-refractivity contribution is 7.89. The molecule has 2 atom stereocenters. The van der Waals surface area contributed by atoms with Crippen molar-refractivity contribution in [2.45, 2.75) is 44.9 Å². The van der Waals surface area contributed by atoms with Gasteiger partial charge in [-0.1, -0.05) is 36.4 Å². The van der Waals surface area contributed by atoms with Crippen LogP contribution in [0.2, 0.25) is 0 Å². The third-order valence-electron chi connectivity index (χ3n) is 5.00. The first kappa shape index (κ1) is 22.5. The average Bonchev–Trinajstić information content (AvgIpc) is 2.65. The van der Waals surface area contributed by atoms with Crippen LogP contribution < -0.4 is 5.32 Å². The third kappa shape index (κ3) is 6.93. The normalized spacial score (nSPS) is 20.1. The lowest BCUT2D eigenvalue weighted by Crippen LogP contribution is -2.44. The molecule has 3 rings (SSSR count). The SMILES string of the molecule is CC1CN(Cc2ccc(CNC(=O)c3cccc(CS(C)(=O)=O)c3)cc2)CC(C)O1. The van der Waals surface area contributed by atoms with E-state index in [4.69, 9.17) is 4.74 Å². The van der Waals surface area contributed by atoms with Crippen LogP contribution >= 0.6 is 0 Å². The van der Waals surface area contributed by atoms with Gasteiger partial charge in [0.1, 0.15) is 0 Å². The summed E-state index contributed by atoms with van der Waals surface area (Å²) in [4.78, 5) is 14.8. The first-order chi connectivity index (χ1) is 14.2. The summed E-state index contributed by atoms with van der Waals surface area (Å²) in [5, 5.41) is 2.90. The van der Waals surface area contributed by atoms with Crippen molar-refractivity contribution < 1.29 is 17.9 Å². The second-order valence-corrected chi connectivity index (χ2v) is 10.4. The van der Waals surface area contributed by atoms with Gasteiger partial charge < -0.3 is 10.1 Å². The van der Waals surface area contributed by atoms with E-state index in [1.54, 1.807) is 24.3 Å². The number of nitrogens with one attached hydrogen (secondary N) is 1. The van der Waals surface area contributed by atoms with E-state index in [1.807, 2.05) is 12.1 Å². The maximum atomic E-state index is 12.4. The molecule has 2 aromatic rings. The molecule has 0 radical (unpaired) electrons. The molecule has 2 unspecified atom stereocenters. The molecule has 1 amide bonds. The average molecular weight is 431 g/mol. The van der Waals surface area contributed by atoms with Gasteiger partial charge in [0.2, 0.25) is 0 Å². The van der Waals surface area contributed by atoms with Gasteiger partial charge in [-0.15, -0.1) is 0 Å². The molecule has 30 heavy (non-hydrogen) atoms. The zero-order valence-electron chi connectivity index (χ0n) is 17.8. The Hall–Kier alpha value is -2.22. The number of hydrogen-bond donors (Lipinski definition) is 1. The lowest BCUT2D eigenvalue weighted by Gasteiger charge is -2.35. The summed E-state index contributed by atoms with van der Waals surface area (Å²) in [5.74, 6) is -0.290. The zero-order valence-corrected chi connectivity index (χ0v) is 18.6. The Balaban J connectivity index is 1.53. The van der Waals surface area contributed by atoms with Crippen LogP contribution in [0.15, 0.2) is 48.5 Å². The van der Waals surface area contributed by atoms with Gasteiger partial charge in [-0.05, 0) is 42.7 Å². The predicted octanol–water partition coefficient (Wildman–Crippen LogP) is 2.77. The molecule has 0 spiro atoms. The minimum absolute atomic E-state index is 0.0731. The van der Waals surface area contributed by atoms with Gasteiger partial charge in [-0.25, -0.2) is 8.42 Å². The number of hydrogen-bond acceptors (Lipinski definition) is 5. The van der Waals surface area contributed by atoms with Gasteiger partial charge in [-0.3, -0.25) is 9.69 Å². The molecular weight excluding hydrogens is 400 g/mol. The number of benzene rings is 2. The predicted molar refractivity (Wildman–Crippen MR) is 118 cm³/mol. The topological polar surface area (TPSA) is 75.7 Å². The van der Waals surface area contributed by atoms with Gasteiger partial charge in [0.25, 0.3) is 5.91 Å². The number of amides is 1. The number of rotatable bonds is 7. The molecule has 162 valence electrons. The fraction of sp³-hybridized carbons (Fsp3) is 0.435. The van der Waals surface area contributed by atoms with Gasteiger partial charge in [0, 0.05) is 38.0 Å². The third-order valence-corrected chi connectivity index (χ3v) is 5.85. The van der Waals surface area contributed by atoms with Crippen molar-refractivity contribution in [3.63, 3.8) is 0 Å². The summed E-state index contributed by atoms with van der Waals surface area (Å²) < 4.78 is 28.7. The molecule has 6 nitrogen and oxygen atoms in total. The van der Waals surface area contributed by atoms with E-state index in [0.29, 0.717) is 17.7 Å². The Bertz CT molecular complexity index is 963. The second kappa shape index (κ2) is 9.73. The van der Waals surface area contributed by atoms with Gasteiger partial charge in [-0.2, -0.15) is 0 Å². The highest BCUT2D eigenvalue weighted by Gasteiger charge is 2.21. The van der Waals surface area contributed by atoms with Crippen LogP contribution in [0.5, 0.6) is 0 Å². The summed E-state index contributed by atoms with van der Waals surface area (Å²) in [7, 11) is -3.14. The van der Waals surface area contributed by atoms with E-state index < -0.39 is 9.84 Å². The first-order valence-corrected chi connectivity index (χ1v) is 12.2. The molecule has 1 aliphatic rings. The van der Waals surface area contributed by atoms with E-state index >= 15 is 0 Å². The zero-order chi connectivity index (χ0) is 21.7. The van der Waals surface area contributed by atoms with Crippen LogP contribution in [0.1, 0.15) is 40.9 Å². The molecule has 1 fully saturated rings. The fourth-order valence-electron chi connectivity index (χ4n) is 3.82. The van der Waals surface area contributed by atoms with Crippen LogP contribution in [0.25, 0.3) is 0 Å². The smallest absolute Gasteiger partial charge is 0.251 e. The van der Waals surface area contributed by atoms with E-state index in [9.17, 15) is 13.2 Å². The molecule has 0 aromatic heterocycles. The summed E-state index contributed by atoms with van der Waals surface area (Å²) in [6, 6.07) is 15.0. The van der Waals surface area contributed by atoms with Gasteiger partial charge in [0.05, 0.1) is 18.0 Å². The highest BCUT2D eigenvalue weighted by Crippen LogP contribution is 2.15. The summed E-state index contributed by atoms with van der Waals surface area (Å²) in [6.07, 6.45) is 1.68. The second-order valence-electron chi connectivity index (χ2n) is 8.22. The lowest BCUT2D eigenvalue weighted by atomic mass is 10.1. The summed E-state index contributed by atoms with van der Waals surface area (Å²) in [6.45, 7) is 7.37. The maximum Gasteiger partial charge on any atom is 0.251 e. The number of carbonyl (C=O) groups is 1. The molecule has 0 aliphatic carbocycles. The Morgan fingerprint density at radius 1 is 1.03 bits per heavy atom. The summed E-state index contributed by atoms with van der Waals surface area (Å²) in [5.41, 5.74) is 3.33. The molecule has 0 saturated carbocycles. The van der Waals surface area contributed by atoms with E-state index in [2.05, 4.69) is 36.2 Å². The maximum absolute atomic E-state index is 12.4. The minimum Gasteiger partial charge on any atom is -0.373 e. The Labute approximate surface area is 179 Å². The molecule has 0 bridgehead atoms. The minimum atomic E-state index is -3.14. The molecule has 1 N–H and O–H groups in total. The standard InChI is InChI=1S/C23H30N2O4S/c1-17-13-25(14-18(2)29-17)15-20-9-7-19(8-10-20)12-24-23(26)22-6-4-5-21(11-22)16-30(3,27)28/h4-11,17-18H,12-16H2,1-3H3,(H,24,26). The molecule has 7 heteroatoms. The van der Waals surface area contributed by atoms with Crippen LogP contribution in [0, 0.1) is 0 Å². The van der Waals surface area contributed by atoms with E-state index in [-0.39, 0.29) is 23.9 Å². The first-order valence-electron chi connectivity index (χ1n) is 10.2. The molecule has 1 heterocycles. The summed E-state index contributed by atoms with van der Waals surface area (Å²) >= 11 is 0. The Morgan fingerprint density at radius 3 is 2.30 bits per heavy atom. The van der Waals surface area contributed by atoms with Crippen molar-refractivity contribution in [3.8, 4) is 0 Å². The largest absolute Gasteiger partial charge is 0.373 e. The number of morpholine rings is 1. The van der Waals surface area contributed by atoms with Gasteiger partial charge >= 0.3 is 0 Å². The number of sulfone groups is 1. The monoisotopic (exact) mass is 430 g/mol. The highest BCUT2D eigenvalue weighted by atomic mass is 32.2. The van der Waals surface area contributed by atoms with Crippen molar-refractivity contribution in [1.29, 1.82) is 0 Å². The van der Waals surface area contributed by atoms with Crippen LogP contribution in [0.4, 0.5) is 0 Å². The Kier molecular flexibility index (Phi) is 7.28. The van der Waals surface area contributed by atoms with Crippen molar-refractivity contribution in [3.05, 3.63) is 70.8 Å². The number of ether oxygens (including phenoxy) is 1. The van der Waals surface area contributed by atoms with Crippen molar-refractivity contribution in [2.75, 3.05) is 19.3 Å². The van der Waals surface area contributed by atoms with Crippen LogP contribution in [0.3, 0.4) is 0 Å². The quantitative estimate of drug-likeness (QED) is 0.731. The molecule has 1 saturated heterocycles. The number of nitrogens with zero attached hydrogens (tertiary/aromatic N) is 1. The fourth-order valence-corrected chi connectivity index (χ4v) is 4.61. The molecular formula is C23H30N2O4S. The van der Waals surface area contributed by atoms with Crippen molar-refractivity contribution in [2.24, 2.45) is 0 Å². The van der Waals surface area contributed by atoms with Crippen LogP contribution in [-0.4, -0.2) is 50.8 Å². The lowest BCUT2D eigenvalue weighted by molar-refractivity contribution is -0.0704. The van der Waals surface area contributed by atoms with Crippen LogP contribution in [-0.2, 0) is 33.4 Å². The molecule has 1 aliphatic heterocycles. The van der Waals surface area contributed by atoms with Gasteiger partial charge in [0.15, 0.2) is 9.84 Å². The number of carbonyl (C=O) groups excluding carboxylic acids is 1. The van der Waals surface area contributed by atoms with Crippen molar-refractivity contribution in [1.82, 2.24) is 10.2 Å². The van der Waals surface area contributed by atoms with Crippen molar-refractivity contribution >= 4 is 15.7 Å².